The summed E-state index contributed by atoms with van der Waals surface area (Å²) in [7, 11) is 0. The molecule has 1 heterocycles. The van der Waals surface area contributed by atoms with E-state index in [0.29, 0.717) is 33.5 Å². The van der Waals surface area contributed by atoms with Crippen molar-refractivity contribution in [2.75, 3.05) is 5.73 Å². The van der Waals surface area contributed by atoms with Crippen LogP contribution in [0.15, 0.2) is 12.1 Å². The van der Waals surface area contributed by atoms with Crippen LogP contribution in [-0.4, -0.2) is 20.2 Å². The van der Waals surface area contributed by atoms with Crippen molar-refractivity contribution in [3.05, 3.63) is 22.2 Å². The summed E-state index contributed by atoms with van der Waals surface area (Å²) in [5.41, 5.74) is 7.09. The maximum absolute atomic E-state index is 6.09. The molecule has 3 rings (SSSR count). The van der Waals surface area contributed by atoms with E-state index in [9.17, 15) is 0 Å². The largest absolute Gasteiger partial charge is 0.397 e. The van der Waals surface area contributed by atoms with E-state index >= 15 is 0 Å². The molecule has 7 heteroatoms. The molecule has 0 bridgehead atoms. The predicted octanol–water partition coefficient (Wildman–Crippen LogP) is 3.59. The minimum Gasteiger partial charge on any atom is -0.397 e. The molecule has 1 aliphatic rings. The van der Waals surface area contributed by atoms with Gasteiger partial charge in [-0.2, -0.15) is 0 Å². The summed E-state index contributed by atoms with van der Waals surface area (Å²) in [6, 6.07) is 3.84. The van der Waals surface area contributed by atoms with Gasteiger partial charge in [-0.15, -0.1) is 5.10 Å². The summed E-state index contributed by atoms with van der Waals surface area (Å²) >= 11 is 12.1. The fourth-order valence-electron chi connectivity index (χ4n) is 2.84. The average Bonchev–Trinajstić information content (AvgIpc) is 3.03. The highest BCUT2D eigenvalue weighted by Crippen LogP contribution is 2.38. The fourth-order valence-corrected chi connectivity index (χ4v) is 3.17. The Morgan fingerprint density at radius 3 is 2.75 bits per heavy atom. The van der Waals surface area contributed by atoms with E-state index in [1.54, 1.807) is 12.1 Å². The van der Waals surface area contributed by atoms with E-state index in [0.717, 1.165) is 12.0 Å². The lowest BCUT2D eigenvalue weighted by molar-refractivity contribution is 0.370. The second-order valence-electron chi connectivity index (χ2n) is 5.28. The predicted molar refractivity (Wildman–Crippen MR) is 79.7 cm³/mol. The van der Waals surface area contributed by atoms with Crippen LogP contribution in [-0.2, 0) is 0 Å². The highest BCUT2D eigenvalue weighted by molar-refractivity contribution is 6.43. The van der Waals surface area contributed by atoms with Gasteiger partial charge in [-0.1, -0.05) is 36.5 Å². The number of hydrogen-bond acceptors (Lipinski definition) is 4. The second kappa shape index (κ2) is 5.22. The molecular weight excluding hydrogens is 297 g/mol. The lowest BCUT2D eigenvalue weighted by atomic mass is 10.1. The summed E-state index contributed by atoms with van der Waals surface area (Å²) < 4.78 is 1.89. The first-order chi connectivity index (χ1) is 9.58. The molecule has 0 amide bonds. The Labute approximate surface area is 127 Å². The van der Waals surface area contributed by atoms with Crippen LogP contribution in [0.25, 0.3) is 11.4 Å². The summed E-state index contributed by atoms with van der Waals surface area (Å²) in [5.74, 6) is 1.26. The number of anilines is 1. The molecule has 0 radical (unpaired) electrons. The van der Waals surface area contributed by atoms with Crippen LogP contribution in [0.5, 0.6) is 0 Å². The van der Waals surface area contributed by atoms with E-state index in [-0.39, 0.29) is 0 Å². The molecule has 1 aromatic heterocycles. The molecule has 2 N–H and O–H groups in total. The highest BCUT2D eigenvalue weighted by atomic mass is 35.5. The van der Waals surface area contributed by atoms with Crippen LogP contribution >= 0.6 is 23.2 Å². The molecule has 2 unspecified atom stereocenters. The first kappa shape index (κ1) is 13.6. The molecule has 106 valence electrons. The van der Waals surface area contributed by atoms with Crippen LogP contribution in [0.2, 0.25) is 10.0 Å². The Morgan fingerprint density at radius 2 is 2.10 bits per heavy atom. The van der Waals surface area contributed by atoms with Gasteiger partial charge in [0.1, 0.15) is 0 Å². The zero-order chi connectivity index (χ0) is 14.3. The molecule has 1 saturated carbocycles. The summed E-state index contributed by atoms with van der Waals surface area (Å²) in [5, 5.41) is 12.8. The number of hydrogen-bond donors (Lipinski definition) is 1. The Hall–Kier alpha value is -1.33. The minimum absolute atomic E-state index is 0.329. The molecule has 2 aromatic rings. The van der Waals surface area contributed by atoms with E-state index in [1.807, 2.05) is 4.68 Å². The number of nitrogens with zero attached hydrogens (tertiary/aromatic N) is 4. The molecule has 1 aliphatic carbocycles. The molecule has 1 aromatic carbocycles. The van der Waals surface area contributed by atoms with Crippen LogP contribution in [0.4, 0.5) is 5.69 Å². The third-order valence-electron chi connectivity index (χ3n) is 3.94. The Bertz CT molecular complexity index is 616. The summed E-state index contributed by atoms with van der Waals surface area (Å²) in [4.78, 5) is 0. The third kappa shape index (κ3) is 2.25. The van der Waals surface area contributed by atoms with Gasteiger partial charge in [-0.25, -0.2) is 4.68 Å². The lowest BCUT2D eigenvalue weighted by Crippen LogP contribution is -2.14. The quantitative estimate of drug-likeness (QED) is 0.860. The SMILES string of the molecule is CC1CCCC1n1nnnc1-c1cc(N)c(Cl)c(Cl)c1. The van der Waals surface area contributed by atoms with Gasteiger partial charge in [-0.3, -0.25) is 0 Å². The van der Waals surface area contributed by atoms with Gasteiger partial charge in [0.15, 0.2) is 5.82 Å². The summed E-state index contributed by atoms with van der Waals surface area (Å²) in [6.07, 6.45) is 3.50. The zero-order valence-corrected chi connectivity index (χ0v) is 12.6. The molecule has 0 spiro atoms. The van der Waals surface area contributed by atoms with E-state index in [2.05, 4.69) is 22.4 Å². The van der Waals surface area contributed by atoms with Crippen molar-refractivity contribution in [3.63, 3.8) is 0 Å². The van der Waals surface area contributed by atoms with Gasteiger partial charge in [-0.05, 0) is 41.3 Å². The van der Waals surface area contributed by atoms with Crippen LogP contribution < -0.4 is 5.73 Å². The van der Waals surface area contributed by atoms with Crippen molar-refractivity contribution in [2.45, 2.75) is 32.2 Å². The standard InChI is InChI=1S/C13H15Cl2N5/c1-7-3-2-4-11(7)20-13(17-18-19-20)8-5-9(14)12(15)10(16)6-8/h5-7,11H,2-4,16H2,1H3. The number of aromatic nitrogens is 4. The number of nitrogen functional groups attached to an aromatic ring is 1. The van der Waals surface area contributed by atoms with Crippen molar-refractivity contribution in [3.8, 4) is 11.4 Å². The van der Waals surface area contributed by atoms with Gasteiger partial charge < -0.3 is 5.73 Å². The topological polar surface area (TPSA) is 69.6 Å². The van der Waals surface area contributed by atoms with Crippen molar-refractivity contribution in [2.24, 2.45) is 5.92 Å². The molecule has 2 atom stereocenters. The Morgan fingerprint density at radius 1 is 1.30 bits per heavy atom. The zero-order valence-electron chi connectivity index (χ0n) is 11.1. The number of tetrazole rings is 1. The maximum atomic E-state index is 6.09. The molecule has 0 saturated heterocycles. The number of halogens is 2. The number of rotatable bonds is 2. The van der Waals surface area contributed by atoms with Gasteiger partial charge in [0.2, 0.25) is 0 Å². The van der Waals surface area contributed by atoms with Crippen molar-refractivity contribution in [1.29, 1.82) is 0 Å². The molecule has 20 heavy (non-hydrogen) atoms. The van der Waals surface area contributed by atoms with Gasteiger partial charge in [0.05, 0.1) is 21.8 Å². The fraction of sp³-hybridized carbons (Fsp3) is 0.462. The Kier molecular flexibility index (Phi) is 3.56. The van der Waals surface area contributed by atoms with Crippen LogP contribution in [0.1, 0.15) is 32.2 Å². The van der Waals surface area contributed by atoms with Crippen LogP contribution in [0, 0.1) is 5.92 Å². The Balaban J connectivity index is 2.05. The number of nitrogens with two attached hydrogens (primary N) is 1. The van der Waals surface area contributed by atoms with Gasteiger partial charge in [0.25, 0.3) is 0 Å². The average molecular weight is 312 g/mol. The number of benzene rings is 1. The van der Waals surface area contributed by atoms with E-state index in [1.165, 1.54) is 12.8 Å². The lowest BCUT2D eigenvalue weighted by Gasteiger charge is -2.17. The van der Waals surface area contributed by atoms with Gasteiger partial charge in [0, 0.05) is 5.56 Å². The van der Waals surface area contributed by atoms with Crippen molar-refractivity contribution in [1.82, 2.24) is 20.2 Å². The van der Waals surface area contributed by atoms with Crippen molar-refractivity contribution < 1.29 is 0 Å². The minimum atomic E-state index is 0.329. The van der Waals surface area contributed by atoms with Crippen LogP contribution in [0.3, 0.4) is 0 Å². The first-order valence-electron chi connectivity index (χ1n) is 6.60. The first-order valence-corrected chi connectivity index (χ1v) is 7.36. The molecule has 1 fully saturated rings. The van der Waals surface area contributed by atoms with Gasteiger partial charge >= 0.3 is 0 Å². The van der Waals surface area contributed by atoms with E-state index in [4.69, 9.17) is 28.9 Å². The van der Waals surface area contributed by atoms with E-state index < -0.39 is 0 Å². The maximum Gasteiger partial charge on any atom is 0.182 e. The third-order valence-corrected chi connectivity index (χ3v) is 4.75. The summed E-state index contributed by atoms with van der Waals surface area (Å²) in [6.45, 7) is 2.23. The highest BCUT2D eigenvalue weighted by Gasteiger charge is 2.28. The smallest absolute Gasteiger partial charge is 0.182 e. The van der Waals surface area contributed by atoms with Crippen molar-refractivity contribution >= 4 is 28.9 Å². The second-order valence-corrected chi connectivity index (χ2v) is 6.07. The monoisotopic (exact) mass is 311 g/mol. The molecule has 0 aliphatic heterocycles. The molecular formula is C13H15Cl2N5. The normalized spacial score (nSPS) is 22.4. The molecule has 5 nitrogen and oxygen atoms in total.